The number of carbonyl (C=O) groups excluding carboxylic acids is 2. The quantitative estimate of drug-likeness (QED) is 0.576. The van der Waals surface area contributed by atoms with Crippen LogP contribution in [0.3, 0.4) is 0 Å². The number of aryl methyl sites for hydroxylation is 1. The standard InChI is InChI=1S/C20H22N4O5/c1-14-3-2-4-16(11-14)21-7-9-22(10-8-21)19(25)15-12-23(13-15)20(26)17-5-6-18(29-17)24(27)28/h2-6,11,15H,7-10,12-13H2,1H3. The van der Waals surface area contributed by atoms with E-state index in [1.165, 1.54) is 22.2 Å². The van der Waals surface area contributed by atoms with E-state index in [9.17, 15) is 19.7 Å². The molecule has 0 spiro atoms. The molecular weight excluding hydrogens is 376 g/mol. The van der Waals surface area contributed by atoms with Crippen LogP contribution in [0.1, 0.15) is 16.1 Å². The summed E-state index contributed by atoms with van der Waals surface area (Å²) in [6.07, 6.45) is 0. The van der Waals surface area contributed by atoms with Crippen molar-refractivity contribution in [3.8, 4) is 0 Å². The van der Waals surface area contributed by atoms with Gasteiger partial charge < -0.3 is 19.1 Å². The van der Waals surface area contributed by atoms with E-state index in [4.69, 9.17) is 4.42 Å². The molecule has 2 aliphatic heterocycles. The Morgan fingerprint density at radius 2 is 1.79 bits per heavy atom. The molecule has 2 amide bonds. The first-order valence-corrected chi connectivity index (χ1v) is 9.56. The zero-order valence-electron chi connectivity index (χ0n) is 16.1. The molecular formula is C20H22N4O5. The molecule has 9 heteroatoms. The number of nitrogens with zero attached hydrogens (tertiary/aromatic N) is 4. The molecule has 0 N–H and O–H groups in total. The summed E-state index contributed by atoms with van der Waals surface area (Å²) in [4.78, 5) is 40.6. The van der Waals surface area contributed by atoms with Gasteiger partial charge in [-0.25, -0.2) is 0 Å². The minimum atomic E-state index is -0.685. The van der Waals surface area contributed by atoms with Crippen molar-refractivity contribution in [1.82, 2.24) is 9.80 Å². The van der Waals surface area contributed by atoms with Crippen molar-refractivity contribution in [3.63, 3.8) is 0 Å². The van der Waals surface area contributed by atoms with Gasteiger partial charge in [0.2, 0.25) is 5.91 Å². The number of rotatable bonds is 4. The molecule has 2 aromatic rings. The Hall–Kier alpha value is -3.36. The summed E-state index contributed by atoms with van der Waals surface area (Å²) in [6.45, 7) is 5.55. The molecule has 152 valence electrons. The van der Waals surface area contributed by atoms with E-state index in [1.54, 1.807) is 0 Å². The molecule has 4 rings (SSSR count). The van der Waals surface area contributed by atoms with Crippen LogP contribution in [0.5, 0.6) is 0 Å². The first-order valence-electron chi connectivity index (χ1n) is 9.56. The molecule has 0 saturated carbocycles. The Balaban J connectivity index is 1.27. The number of amides is 2. The van der Waals surface area contributed by atoms with Crippen molar-refractivity contribution >= 4 is 23.4 Å². The second-order valence-corrected chi connectivity index (χ2v) is 7.45. The van der Waals surface area contributed by atoms with Gasteiger partial charge in [-0.2, -0.15) is 0 Å². The lowest BCUT2D eigenvalue weighted by atomic mass is 9.97. The Morgan fingerprint density at radius 3 is 2.41 bits per heavy atom. The van der Waals surface area contributed by atoms with Crippen LogP contribution in [-0.4, -0.2) is 65.8 Å². The Bertz CT molecular complexity index is 942. The van der Waals surface area contributed by atoms with Crippen LogP contribution in [0, 0.1) is 23.0 Å². The number of furan rings is 1. The van der Waals surface area contributed by atoms with Gasteiger partial charge in [0, 0.05) is 45.0 Å². The maximum absolute atomic E-state index is 12.7. The zero-order chi connectivity index (χ0) is 20.5. The van der Waals surface area contributed by atoms with Crippen LogP contribution < -0.4 is 4.90 Å². The third kappa shape index (κ3) is 3.80. The van der Waals surface area contributed by atoms with Crippen LogP contribution in [0.15, 0.2) is 40.8 Å². The van der Waals surface area contributed by atoms with E-state index < -0.39 is 16.7 Å². The van der Waals surface area contributed by atoms with Crippen LogP contribution >= 0.6 is 0 Å². The van der Waals surface area contributed by atoms with E-state index in [-0.39, 0.29) is 17.6 Å². The number of benzene rings is 1. The fourth-order valence-corrected chi connectivity index (χ4v) is 3.77. The topological polar surface area (TPSA) is 100 Å². The summed E-state index contributed by atoms with van der Waals surface area (Å²) in [5, 5.41) is 10.7. The van der Waals surface area contributed by atoms with Gasteiger partial charge in [-0.1, -0.05) is 12.1 Å². The Labute approximate surface area is 167 Å². The van der Waals surface area contributed by atoms with E-state index in [2.05, 4.69) is 30.0 Å². The molecule has 3 heterocycles. The van der Waals surface area contributed by atoms with Gasteiger partial charge in [0.1, 0.15) is 4.92 Å². The van der Waals surface area contributed by atoms with Crippen LogP contribution in [0.2, 0.25) is 0 Å². The molecule has 9 nitrogen and oxygen atoms in total. The molecule has 0 radical (unpaired) electrons. The third-order valence-corrected chi connectivity index (χ3v) is 5.46. The predicted molar refractivity (Wildman–Crippen MR) is 105 cm³/mol. The number of anilines is 1. The summed E-state index contributed by atoms with van der Waals surface area (Å²) >= 11 is 0. The zero-order valence-corrected chi connectivity index (χ0v) is 16.1. The monoisotopic (exact) mass is 398 g/mol. The Morgan fingerprint density at radius 1 is 1.07 bits per heavy atom. The number of hydrogen-bond donors (Lipinski definition) is 0. The minimum Gasteiger partial charge on any atom is -0.395 e. The second-order valence-electron chi connectivity index (χ2n) is 7.45. The van der Waals surface area contributed by atoms with Gasteiger partial charge in [-0.05, 0) is 30.7 Å². The fourth-order valence-electron chi connectivity index (χ4n) is 3.77. The van der Waals surface area contributed by atoms with E-state index in [1.807, 2.05) is 11.0 Å². The number of hydrogen-bond acceptors (Lipinski definition) is 6. The third-order valence-electron chi connectivity index (χ3n) is 5.46. The van der Waals surface area contributed by atoms with Crippen molar-refractivity contribution in [2.45, 2.75) is 6.92 Å². The average molecular weight is 398 g/mol. The van der Waals surface area contributed by atoms with Crippen molar-refractivity contribution in [3.05, 3.63) is 57.8 Å². The molecule has 0 bridgehead atoms. The molecule has 2 fully saturated rings. The minimum absolute atomic E-state index is 0.0587. The predicted octanol–water partition coefficient (Wildman–Crippen LogP) is 1.92. The van der Waals surface area contributed by atoms with Gasteiger partial charge in [0.15, 0.2) is 5.76 Å². The maximum atomic E-state index is 12.7. The summed E-state index contributed by atoms with van der Waals surface area (Å²) < 4.78 is 4.95. The smallest absolute Gasteiger partial charge is 0.395 e. The number of piperazine rings is 1. The summed E-state index contributed by atoms with van der Waals surface area (Å²) in [5.41, 5.74) is 2.38. The van der Waals surface area contributed by atoms with Crippen molar-refractivity contribution < 1.29 is 18.9 Å². The molecule has 0 unspecified atom stereocenters. The van der Waals surface area contributed by atoms with Crippen LogP contribution in [0.25, 0.3) is 0 Å². The summed E-state index contributed by atoms with van der Waals surface area (Å²) in [5.74, 6) is -1.13. The highest BCUT2D eigenvalue weighted by Gasteiger charge is 2.40. The molecule has 29 heavy (non-hydrogen) atoms. The van der Waals surface area contributed by atoms with Crippen molar-refractivity contribution in [1.29, 1.82) is 0 Å². The van der Waals surface area contributed by atoms with E-state index in [0.717, 1.165) is 19.2 Å². The lowest BCUT2D eigenvalue weighted by Gasteiger charge is -2.42. The van der Waals surface area contributed by atoms with Gasteiger partial charge >= 0.3 is 5.88 Å². The first kappa shape index (κ1) is 19.0. The molecule has 0 aliphatic carbocycles. The van der Waals surface area contributed by atoms with Crippen LogP contribution in [0.4, 0.5) is 11.6 Å². The first-order chi connectivity index (χ1) is 13.9. The number of nitro groups is 1. The number of carbonyl (C=O) groups is 2. The average Bonchev–Trinajstić information content (AvgIpc) is 3.17. The summed E-state index contributed by atoms with van der Waals surface area (Å²) in [6, 6.07) is 10.8. The van der Waals surface area contributed by atoms with Crippen molar-refractivity contribution in [2.24, 2.45) is 5.92 Å². The van der Waals surface area contributed by atoms with Crippen molar-refractivity contribution in [2.75, 3.05) is 44.2 Å². The highest BCUT2D eigenvalue weighted by atomic mass is 16.6. The second kappa shape index (κ2) is 7.57. The van der Waals surface area contributed by atoms with E-state index in [0.29, 0.717) is 26.2 Å². The SMILES string of the molecule is Cc1cccc(N2CCN(C(=O)C3CN(C(=O)c4ccc([N+](=O)[O-])o4)C3)CC2)c1. The fraction of sp³-hybridized carbons (Fsp3) is 0.400. The summed E-state index contributed by atoms with van der Waals surface area (Å²) in [7, 11) is 0. The van der Waals surface area contributed by atoms with E-state index >= 15 is 0 Å². The highest BCUT2D eigenvalue weighted by Crippen LogP contribution is 2.25. The normalized spacial score (nSPS) is 17.2. The van der Waals surface area contributed by atoms with Crippen LogP contribution in [-0.2, 0) is 4.79 Å². The highest BCUT2D eigenvalue weighted by molar-refractivity contribution is 5.94. The lowest BCUT2D eigenvalue weighted by molar-refractivity contribution is -0.402. The van der Waals surface area contributed by atoms with Gasteiger partial charge in [0.25, 0.3) is 5.91 Å². The molecule has 2 saturated heterocycles. The Kier molecular flexibility index (Phi) is 4.96. The van der Waals surface area contributed by atoms with Gasteiger partial charge in [0.05, 0.1) is 12.0 Å². The lowest BCUT2D eigenvalue weighted by Crippen LogP contribution is -2.59. The molecule has 1 aromatic carbocycles. The molecule has 0 atom stereocenters. The molecule has 2 aliphatic rings. The maximum Gasteiger partial charge on any atom is 0.433 e. The van der Waals surface area contributed by atoms with Gasteiger partial charge in [-0.15, -0.1) is 0 Å². The largest absolute Gasteiger partial charge is 0.433 e. The molecule has 1 aromatic heterocycles. The number of likely N-dealkylation sites (tertiary alicyclic amines) is 1. The van der Waals surface area contributed by atoms with Gasteiger partial charge in [-0.3, -0.25) is 19.7 Å².